The number of carboxylic acid groups (broad SMARTS) is 1. The van der Waals surface area contributed by atoms with Crippen molar-refractivity contribution in [2.75, 3.05) is 20.3 Å². The molecule has 0 fully saturated rings. The van der Waals surface area contributed by atoms with Gasteiger partial charge in [0.2, 0.25) is 0 Å². The molecule has 2 aromatic rings. The summed E-state index contributed by atoms with van der Waals surface area (Å²) in [6.45, 7) is 0.991. The molecule has 0 unspecified atom stereocenters. The quantitative estimate of drug-likeness (QED) is 0.512. The van der Waals surface area contributed by atoms with Crippen molar-refractivity contribution in [2.45, 2.75) is 13.5 Å². The second-order valence-corrected chi connectivity index (χ2v) is 6.33. The third-order valence-electron chi connectivity index (χ3n) is 3.98. The van der Waals surface area contributed by atoms with Gasteiger partial charge in [-0.25, -0.2) is 4.79 Å². The van der Waals surface area contributed by atoms with E-state index < -0.39 is 18.6 Å². The highest BCUT2D eigenvalue weighted by Crippen LogP contribution is 2.19. The summed E-state index contributed by atoms with van der Waals surface area (Å²) in [4.78, 5) is 24.7. The number of methoxy groups -OCH3 is 1. The molecule has 0 aromatic heterocycles. The molecule has 9 nitrogen and oxygen atoms in total. The first-order valence-electron chi connectivity index (χ1n) is 8.95. The monoisotopic (exact) mass is 413 g/mol. The molecule has 0 bridgehead atoms. The van der Waals surface area contributed by atoms with Gasteiger partial charge in [-0.15, -0.1) is 0 Å². The average molecular weight is 413 g/mol. The molecule has 2 aromatic carbocycles. The highest BCUT2D eigenvalue weighted by atomic mass is 16.6. The molecular formula is C21H23N3O6. The second kappa shape index (κ2) is 10.6. The topological polar surface area (TPSA) is 133 Å². The summed E-state index contributed by atoms with van der Waals surface area (Å²) < 4.78 is 15.7. The van der Waals surface area contributed by atoms with Crippen LogP contribution >= 0.6 is 0 Å². The molecule has 0 atom stereocenters. The van der Waals surface area contributed by atoms with Crippen LogP contribution in [0.25, 0.3) is 0 Å². The van der Waals surface area contributed by atoms with Gasteiger partial charge in [-0.05, 0) is 48.9 Å². The van der Waals surface area contributed by atoms with Crippen LogP contribution < -0.4 is 14.2 Å². The Morgan fingerprint density at radius 2 is 1.53 bits per heavy atom. The Hall–Kier alpha value is -3.88. The molecule has 3 N–H and O–H groups in total. The number of carbonyl (C=O) groups is 2. The average Bonchev–Trinajstić information content (AvgIpc) is 2.72. The van der Waals surface area contributed by atoms with E-state index in [1.165, 1.54) is 14.0 Å². The van der Waals surface area contributed by atoms with Crippen molar-refractivity contribution in [1.82, 2.24) is 4.90 Å². The Bertz CT molecular complexity index is 909. The van der Waals surface area contributed by atoms with Crippen LogP contribution in [0.1, 0.15) is 12.5 Å². The maximum absolute atomic E-state index is 12.5. The number of carboxylic acids is 1. The molecule has 9 heteroatoms. The minimum Gasteiger partial charge on any atom is -0.497 e. The van der Waals surface area contributed by atoms with Gasteiger partial charge in [-0.1, -0.05) is 12.1 Å². The Morgan fingerprint density at radius 1 is 0.967 bits per heavy atom. The molecule has 0 heterocycles. The van der Waals surface area contributed by atoms with Crippen LogP contribution in [0.4, 0.5) is 4.79 Å². The predicted octanol–water partition coefficient (Wildman–Crippen LogP) is 3.22. The Balaban J connectivity index is 2.02. The summed E-state index contributed by atoms with van der Waals surface area (Å²) in [5.74, 6) is 0.201. The highest BCUT2D eigenvalue weighted by Gasteiger charge is 2.19. The van der Waals surface area contributed by atoms with Crippen molar-refractivity contribution in [2.24, 2.45) is 0 Å². The number of aliphatic carboxylic acids is 1. The zero-order valence-corrected chi connectivity index (χ0v) is 16.7. The lowest BCUT2D eigenvalue weighted by atomic mass is 10.2. The summed E-state index contributed by atoms with van der Waals surface area (Å²) in [5, 5.41) is 24.1. The molecule has 0 radical (unpaired) electrons. The van der Waals surface area contributed by atoms with Gasteiger partial charge in [-0.2, -0.15) is 0 Å². The van der Waals surface area contributed by atoms with E-state index in [1.807, 2.05) is 0 Å². The molecule has 0 aliphatic carbocycles. The minimum atomic E-state index is -1.16. The van der Waals surface area contributed by atoms with Crippen molar-refractivity contribution in [3.05, 3.63) is 54.1 Å². The van der Waals surface area contributed by atoms with Gasteiger partial charge >= 0.3 is 12.1 Å². The lowest BCUT2D eigenvalue weighted by Gasteiger charge is -2.20. The molecule has 158 valence electrons. The molecule has 2 rings (SSSR count). The van der Waals surface area contributed by atoms with Gasteiger partial charge in [0, 0.05) is 6.54 Å². The maximum atomic E-state index is 12.5. The van der Waals surface area contributed by atoms with E-state index in [4.69, 9.17) is 30.1 Å². The van der Waals surface area contributed by atoms with Crippen molar-refractivity contribution in [3.8, 4) is 17.2 Å². The first-order chi connectivity index (χ1) is 14.3. The zero-order valence-electron chi connectivity index (χ0n) is 16.7. The standard InChI is InChI=1S/C21H23N3O6/c1-14(22)19(23)13-29-17-5-3-15(4-6-17)11-24(12-20(25)26)21(27)30-18-9-7-16(28-2)8-10-18/h3-10,22-23H,11-13H2,1-2H3,(H,25,26). The first kappa shape index (κ1) is 22.4. The molecule has 1 amide bonds. The summed E-state index contributed by atoms with van der Waals surface area (Å²) in [6.07, 6.45) is -0.794. The fourth-order valence-corrected chi connectivity index (χ4v) is 2.33. The molecule has 0 aliphatic rings. The lowest BCUT2D eigenvalue weighted by Crippen LogP contribution is -2.37. The van der Waals surface area contributed by atoms with Crippen LogP contribution in [0.15, 0.2) is 48.5 Å². The Morgan fingerprint density at radius 3 is 2.07 bits per heavy atom. The summed E-state index contributed by atoms with van der Waals surface area (Å²) in [7, 11) is 1.52. The van der Waals surface area contributed by atoms with E-state index >= 15 is 0 Å². The Labute approximate surface area is 173 Å². The minimum absolute atomic E-state index is 0.0198. The molecule has 0 aliphatic heterocycles. The third-order valence-corrected chi connectivity index (χ3v) is 3.98. The van der Waals surface area contributed by atoms with Crippen LogP contribution in [0.5, 0.6) is 17.2 Å². The second-order valence-electron chi connectivity index (χ2n) is 6.33. The number of hydrogen-bond acceptors (Lipinski definition) is 7. The first-order valence-corrected chi connectivity index (χ1v) is 8.95. The van der Waals surface area contributed by atoms with Crippen LogP contribution in [-0.4, -0.2) is 53.8 Å². The lowest BCUT2D eigenvalue weighted by molar-refractivity contribution is -0.138. The number of carbonyl (C=O) groups excluding carboxylic acids is 1. The van der Waals surface area contributed by atoms with Gasteiger partial charge < -0.3 is 24.7 Å². The molecular weight excluding hydrogens is 390 g/mol. The normalized spacial score (nSPS) is 10.1. The third kappa shape index (κ3) is 6.93. The number of nitrogens with one attached hydrogen (secondary N) is 2. The molecule has 0 spiro atoms. The zero-order chi connectivity index (χ0) is 22.1. The van der Waals surface area contributed by atoms with E-state index in [2.05, 4.69) is 0 Å². The number of amides is 1. The van der Waals surface area contributed by atoms with Crippen molar-refractivity contribution < 1.29 is 28.9 Å². The van der Waals surface area contributed by atoms with Crippen LogP contribution in [0.2, 0.25) is 0 Å². The summed E-state index contributed by atoms with van der Waals surface area (Å²) in [6, 6.07) is 13.0. The van der Waals surface area contributed by atoms with E-state index in [-0.39, 0.29) is 30.3 Å². The van der Waals surface area contributed by atoms with Crippen molar-refractivity contribution in [3.63, 3.8) is 0 Å². The smallest absolute Gasteiger partial charge is 0.416 e. The fraction of sp³-hybridized carbons (Fsp3) is 0.238. The maximum Gasteiger partial charge on any atom is 0.416 e. The number of benzene rings is 2. The van der Waals surface area contributed by atoms with E-state index in [9.17, 15) is 9.59 Å². The summed E-state index contributed by atoms with van der Waals surface area (Å²) >= 11 is 0. The van der Waals surface area contributed by atoms with Gasteiger partial charge in [0.25, 0.3) is 0 Å². The SMILES string of the molecule is COc1ccc(OC(=O)N(CC(=O)O)Cc2ccc(OCC(=N)C(C)=N)cc2)cc1. The van der Waals surface area contributed by atoms with Crippen LogP contribution in [0, 0.1) is 10.8 Å². The molecule has 30 heavy (non-hydrogen) atoms. The number of rotatable bonds is 10. The van der Waals surface area contributed by atoms with E-state index in [0.29, 0.717) is 17.1 Å². The van der Waals surface area contributed by atoms with Gasteiger partial charge in [0.05, 0.1) is 18.5 Å². The highest BCUT2D eigenvalue weighted by molar-refractivity contribution is 6.39. The van der Waals surface area contributed by atoms with E-state index in [1.54, 1.807) is 48.5 Å². The largest absolute Gasteiger partial charge is 0.497 e. The van der Waals surface area contributed by atoms with Crippen LogP contribution in [0.3, 0.4) is 0 Å². The van der Waals surface area contributed by atoms with Crippen molar-refractivity contribution in [1.29, 1.82) is 10.8 Å². The van der Waals surface area contributed by atoms with Crippen molar-refractivity contribution >= 4 is 23.5 Å². The number of ether oxygens (including phenoxy) is 3. The fourth-order valence-electron chi connectivity index (χ4n) is 2.33. The van der Waals surface area contributed by atoms with E-state index in [0.717, 1.165) is 4.90 Å². The number of nitrogens with zero attached hydrogens (tertiary/aromatic N) is 1. The molecule has 0 saturated heterocycles. The van der Waals surface area contributed by atoms with Gasteiger partial charge in [0.1, 0.15) is 30.4 Å². The van der Waals surface area contributed by atoms with Gasteiger partial charge in [0.15, 0.2) is 0 Å². The van der Waals surface area contributed by atoms with Crippen LogP contribution in [-0.2, 0) is 11.3 Å². The summed E-state index contributed by atoms with van der Waals surface area (Å²) in [5.41, 5.74) is 0.882. The molecule has 0 saturated carbocycles. The number of hydrogen-bond donors (Lipinski definition) is 3. The predicted molar refractivity (Wildman–Crippen MR) is 110 cm³/mol. The van der Waals surface area contributed by atoms with Gasteiger partial charge in [-0.3, -0.25) is 15.1 Å². The Kier molecular flexibility index (Phi) is 7.92.